The van der Waals surface area contributed by atoms with Crippen molar-refractivity contribution in [2.24, 2.45) is 0 Å². The normalized spacial score (nSPS) is 10.8. The highest BCUT2D eigenvalue weighted by Gasteiger charge is 2.12. The lowest BCUT2D eigenvalue weighted by Gasteiger charge is -1.87. The molecule has 0 aliphatic rings. The number of aliphatic hydroxyl groups excluding tert-OH is 1. The van der Waals surface area contributed by atoms with E-state index in [2.05, 4.69) is 4.98 Å². The Kier molecular flexibility index (Phi) is 1.60. The van der Waals surface area contributed by atoms with Gasteiger partial charge in [-0.3, -0.25) is 0 Å². The van der Waals surface area contributed by atoms with E-state index in [1.165, 1.54) is 12.3 Å². The van der Waals surface area contributed by atoms with Gasteiger partial charge in [0.2, 0.25) is 0 Å². The number of aromatic carboxylic acids is 1. The zero-order valence-electron chi connectivity index (χ0n) is 6.57. The SMILES string of the molecule is O=C(O)c1cc2occ(CO)c2[nH]1. The predicted molar refractivity (Wildman–Crippen MR) is 43.4 cm³/mol. The first-order chi connectivity index (χ1) is 6.22. The lowest BCUT2D eigenvalue weighted by Crippen LogP contribution is -1.95. The summed E-state index contributed by atoms with van der Waals surface area (Å²) in [5.74, 6) is -1.05. The number of aromatic nitrogens is 1. The van der Waals surface area contributed by atoms with Crippen LogP contribution in [0.5, 0.6) is 0 Å². The fourth-order valence-electron chi connectivity index (χ4n) is 1.19. The van der Waals surface area contributed by atoms with Crippen molar-refractivity contribution < 1.29 is 19.4 Å². The van der Waals surface area contributed by atoms with Gasteiger partial charge in [-0.2, -0.15) is 0 Å². The van der Waals surface area contributed by atoms with Crippen LogP contribution in [0, 0.1) is 0 Å². The number of aliphatic hydroxyl groups is 1. The molecular weight excluding hydrogens is 174 g/mol. The van der Waals surface area contributed by atoms with E-state index >= 15 is 0 Å². The topological polar surface area (TPSA) is 86.5 Å². The van der Waals surface area contributed by atoms with Gasteiger partial charge in [-0.25, -0.2) is 4.79 Å². The molecule has 0 atom stereocenters. The molecule has 13 heavy (non-hydrogen) atoms. The molecule has 0 radical (unpaired) electrons. The molecule has 0 aliphatic heterocycles. The summed E-state index contributed by atoms with van der Waals surface area (Å²) < 4.78 is 5.02. The standard InChI is InChI=1S/C8H7NO4/c10-2-4-3-13-6-1-5(8(11)12)9-7(4)6/h1,3,9-10H,2H2,(H,11,12). The van der Waals surface area contributed by atoms with Gasteiger partial charge in [-0.1, -0.05) is 0 Å². The second-order valence-electron chi connectivity index (χ2n) is 2.65. The molecule has 5 heteroatoms. The highest BCUT2D eigenvalue weighted by Crippen LogP contribution is 2.21. The molecule has 0 aromatic carbocycles. The van der Waals surface area contributed by atoms with Gasteiger partial charge >= 0.3 is 5.97 Å². The highest BCUT2D eigenvalue weighted by molar-refractivity contribution is 5.92. The number of nitrogens with one attached hydrogen (secondary N) is 1. The first kappa shape index (κ1) is 7.88. The summed E-state index contributed by atoms with van der Waals surface area (Å²) >= 11 is 0. The molecule has 0 saturated heterocycles. The van der Waals surface area contributed by atoms with Gasteiger partial charge in [0.1, 0.15) is 5.69 Å². The number of aromatic amines is 1. The van der Waals surface area contributed by atoms with Crippen LogP contribution in [0.3, 0.4) is 0 Å². The van der Waals surface area contributed by atoms with Crippen LogP contribution >= 0.6 is 0 Å². The van der Waals surface area contributed by atoms with Crippen molar-refractivity contribution in [2.75, 3.05) is 0 Å². The minimum absolute atomic E-state index is 0.0593. The van der Waals surface area contributed by atoms with Crippen LogP contribution in [0.1, 0.15) is 16.1 Å². The van der Waals surface area contributed by atoms with Crippen LogP contribution < -0.4 is 0 Å². The predicted octanol–water partition coefficient (Wildman–Crippen LogP) is 0.951. The number of fused-ring (bicyclic) bond motifs is 1. The van der Waals surface area contributed by atoms with E-state index in [4.69, 9.17) is 14.6 Å². The molecule has 0 aliphatic carbocycles. The maximum absolute atomic E-state index is 10.5. The van der Waals surface area contributed by atoms with Crippen LogP contribution in [0.25, 0.3) is 11.1 Å². The molecular formula is C8H7NO4. The van der Waals surface area contributed by atoms with Crippen molar-refractivity contribution >= 4 is 17.1 Å². The molecule has 2 rings (SSSR count). The summed E-state index contributed by atoms with van der Waals surface area (Å²) in [6.07, 6.45) is 1.40. The Labute approximate surface area is 72.6 Å². The fraction of sp³-hybridized carbons (Fsp3) is 0.125. The summed E-state index contributed by atoms with van der Waals surface area (Å²) in [6.45, 7) is -0.174. The summed E-state index contributed by atoms with van der Waals surface area (Å²) in [5.41, 5.74) is 1.60. The molecule has 2 aromatic rings. The van der Waals surface area contributed by atoms with E-state index in [-0.39, 0.29) is 12.3 Å². The zero-order chi connectivity index (χ0) is 9.42. The maximum atomic E-state index is 10.5. The first-order valence-electron chi connectivity index (χ1n) is 3.65. The lowest BCUT2D eigenvalue weighted by molar-refractivity contribution is 0.0691. The number of carboxylic acid groups (broad SMARTS) is 1. The van der Waals surface area contributed by atoms with Crippen LogP contribution in [0.15, 0.2) is 16.7 Å². The third-order valence-electron chi connectivity index (χ3n) is 1.83. The Morgan fingerprint density at radius 1 is 1.62 bits per heavy atom. The Morgan fingerprint density at radius 2 is 2.38 bits per heavy atom. The molecule has 2 heterocycles. The van der Waals surface area contributed by atoms with Crippen LogP contribution in [-0.4, -0.2) is 21.2 Å². The molecule has 3 N–H and O–H groups in total. The van der Waals surface area contributed by atoms with Crippen LogP contribution in [0.4, 0.5) is 0 Å². The Bertz CT molecular complexity index is 454. The van der Waals surface area contributed by atoms with Gasteiger partial charge in [0, 0.05) is 11.6 Å². The van der Waals surface area contributed by atoms with Crippen molar-refractivity contribution in [1.82, 2.24) is 4.98 Å². The van der Waals surface area contributed by atoms with E-state index in [1.807, 2.05) is 0 Å². The largest absolute Gasteiger partial charge is 0.477 e. The van der Waals surface area contributed by atoms with Crippen molar-refractivity contribution in [3.05, 3.63) is 23.6 Å². The van der Waals surface area contributed by atoms with E-state index in [1.54, 1.807) is 0 Å². The fourth-order valence-corrected chi connectivity index (χ4v) is 1.19. The number of hydrogen-bond acceptors (Lipinski definition) is 3. The van der Waals surface area contributed by atoms with Gasteiger partial charge < -0.3 is 19.6 Å². The van der Waals surface area contributed by atoms with E-state index < -0.39 is 5.97 Å². The van der Waals surface area contributed by atoms with Crippen molar-refractivity contribution in [3.63, 3.8) is 0 Å². The third-order valence-corrected chi connectivity index (χ3v) is 1.83. The minimum atomic E-state index is -1.05. The van der Waals surface area contributed by atoms with E-state index in [9.17, 15) is 4.79 Å². The summed E-state index contributed by atoms with van der Waals surface area (Å²) in [5, 5.41) is 17.5. The lowest BCUT2D eigenvalue weighted by atomic mass is 10.3. The molecule has 0 amide bonds. The molecule has 5 nitrogen and oxygen atoms in total. The average molecular weight is 181 g/mol. The van der Waals surface area contributed by atoms with Crippen LogP contribution in [-0.2, 0) is 6.61 Å². The Hall–Kier alpha value is -1.75. The number of rotatable bonds is 2. The second-order valence-corrected chi connectivity index (χ2v) is 2.65. The molecule has 0 unspecified atom stereocenters. The molecule has 68 valence electrons. The molecule has 2 aromatic heterocycles. The van der Waals surface area contributed by atoms with Crippen molar-refractivity contribution in [1.29, 1.82) is 0 Å². The molecule has 0 bridgehead atoms. The summed E-state index contributed by atoms with van der Waals surface area (Å²) in [7, 11) is 0. The Balaban J connectivity index is 2.63. The van der Waals surface area contributed by atoms with Crippen molar-refractivity contribution in [3.8, 4) is 0 Å². The number of hydrogen-bond donors (Lipinski definition) is 3. The molecule has 0 saturated carbocycles. The van der Waals surface area contributed by atoms with E-state index in [0.29, 0.717) is 16.7 Å². The minimum Gasteiger partial charge on any atom is -0.477 e. The number of furan rings is 1. The van der Waals surface area contributed by atoms with Gasteiger partial charge in [0.05, 0.1) is 18.4 Å². The Morgan fingerprint density at radius 3 is 3.00 bits per heavy atom. The number of carboxylic acids is 1. The summed E-state index contributed by atoms with van der Waals surface area (Å²) in [4.78, 5) is 13.2. The monoisotopic (exact) mass is 181 g/mol. The van der Waals surface area contributed by atoms with Gasteiger partial charge in [-0.05, 0) is 0 Å². The first-order valence-corrected chi connectivity index (χ1v) is 3.65. The van der Waals surface area contributed by atoms with Gasteiger partial charge in [-0.15, -0.1) is 0 Å². The summed E-state index contributed by atoms with van der Waals surface area (Å²) in [6, 6.07) is 1.39. The third kappa shape index (κ3) is 1.09. The van der Waals surface area contributed by atoms with E-state index in [0.717, 1.165) is 0 Å². The van der Waals surface area contributed by atoms with Gasteiger partial charge in [0.15, 0.2) is 5.58 Å². The van der Waals surface area contributed by atoms with Gasteiger partial charge in [0.25, 0.3) is 0 Å². The highest BCUT2D eigenvalue weighted by atomic mass is 16.4. The quantitative estimate of drug-likeness (QED) is 0.643. The second kappa shape index (κ2) is 2.63. The number of carbonyl (C=O) groups is 1. The average Bonchev–Trinajstić information content (AvgIpc) is 2.60. The number of H-pyrrole nitrogens is 1. The van der Waals surface area contributed by atoms with Crippen molar-refractivity contribution in [2.45, 2.75) is 6.61 Å². The molecule has 0 fully saturated rings. The maximum Gasteiger partial charge on any atom is 0.352 e. The van der Waals surface area contributed by atoms with Crippen LogP contribution in [0.2, 0.25) is 0 Å². The smallest absolute Gasteiger partial charge is 0.352 e. The molecule has 0 spiro atoms. The zero-order valence-corrected chi connectivity index (χ0v) is 6.57.